The van der Waals surface area contributed by atoms with Crippen LogP contribution < -0.4 is 20.1 Å². The van der Waals surface area contributed by atoms with Crippen LogP contribution in [0.25, 0.3) is 10.9 Å². The molecule has 1 aromatic heterocycles. The van der Waals surface area contributed by atoms with Gasteiger partial charge in [-0.1, -0.05) is 31.2 Å². The molecule has 3 atom stereocenters. The average Bonchev–Trinajstić information content (AvgIpc) is 3.43. The molecule has 7 nitrogen and oxygen atoms in total. The summed E-state index contributed by atoms with van der Waals surface area (Å²) < 4.78 is 11.2. The Balaban J connectivity index is 1.49. The first-order valence-corrected chi connectivity index (χ1v) is 11.9. The van der Waals surface area contributed by atoms with Gasteiger partial charge < -0.3 is 25.1 Å². The summed E-state index contributed by atoms with van der Waals surface area (Å²) in [5.41, 5.74) is 3.16. The van der Waals surface area contributed by atoms with Gasteiger partial charge in [-0.05, 0) is 48.6 Å². The maximum Gasteiger partial charge on any atom is 0.223 e. The Morgan fingerprint density at radius 2 is 1.94 bits per heavy atom. The molecule has 2 aromatic carbocycles. The van der Waals surface area contributed by atoms with E-state index in [-0.39, 0.29) is 30.1 Å². The number of nitrogens with one attached hydrogen (secondary N) is 3. The molecule has 3 N–H and O–H groups in total. The fourth-order valence-electron chi connectivity index (χ4n) is 4.39. The Hall–Kier alpha value is -3.48. The number of H-pyrrole nitrogens is 1. The van der Waals surface area contributed by atoms with Gasteiger partial charge in [0.05, 0.1) is 13.7 Å². The Morgan fingerprint density at radius 1 is 1.15 bits per heavy atom. The number of aromatic nitrogens is 1. The normalized spacial score (nSPS) is 17.7. The lowest BCUT2D eigenvalue weighted by Crippen LogP contribution is -2.33. The van der Waals surface area contributed by atoms with E-state index in [0.717, 1.165) is 28.5 Å². The molecule has 1 heterocycles. The topological polar surface area (TPSA) is 92.5 Å². The van der Waals surface area contributed by atoms with E-state index in [1.54, 1.807) is 7.11 Å². The largest absolute Gasteiger partial charge is 0.493 e. The number of fused-ring (bicyclic) bond motifs is 1. The molecule has 4 rings (SSSR count). The van der Waals surface area contributed by atoms with Crippen LogP contribution in [0, 0.1) is 11.8 Å². The Kier molecular flexibility index (Phi) is 7.40. The van der Waals surface area contributed by atoms with E-state index in [4.69, 9.17) is 9.47 Å². The van der Waals surface area contributed by atoms with Gasteiger partial charge in [-0.25, -0.2) is 0 Å². The number of hydrogen-bond acceptors (Lipinski definition) is 4. The third kappa shape index (κ3) is 5.35. The monoisotopic (exact) mass is 463 g/mol. The lowest BCUT2D eigenvalue weighted by Gasteiger charge is -2.20. The number of benzene rings is 2. The number of hydrogen-bond donors (Lipinski definition) is 3. The van der Waals surface area contributed by atoms with Crippen LogP contribution in [0.15, 0.2) is 48.7 Å². The highest BCUT2D eigenvalue weighted by Gasteiger charge is 2.38. The third-order valence-electron chi connectivity index (χ3n) is 6.49. The summed E-state index contributed by atoms with van der Waals surface area (Å²) in [6.07, 6.45) is 3.19. The molecule has 0 radical (unpaired) electrons. The van der Waals surface area contributed by atoms with E-state index < -0.39 is 0 Å². The van der Waals surface area contributed by atoms with Gasteiger partial charge in [0.1, 0.15) is 0 Å². The lowest BCUT2D eigenvalue weighted by molar-refractivity contribution is -0.123. The SMILES string of the molecule is CCOc1ccc(C(CNC(=O)CCNC(=O)C2CC2C)c2c[nH]c3ccccc23)cc1OC. The molecule has 7 heteroatoms. The molecule has 34 heavy (non-hydrogen) atoms. The number of aromatic amines is 1. The molecule has 1 fully saturated rings. The summed E-state index contributed by atoms with van der Waals surface area (Å²) in [6.45, 7) is 5.32. The van der Waals surface area contributed by atoms with Crippen molar-refractivity contribution >= 4 is 22.7 Å². The minimum absolute atomic E-state index is 0.0541. The summed E-state index contributed by atoms with van der Waals surface area (Å²) in [5.74, 6) is 1.79. The molecule has 0 bridgehead atoms. The van der Waals surface area contributed by atoms with Crippen molar-refractivity contribution in [3.63, 3.8) is 0 Å². The quantitative estimate of drug-likeness (QED) is 0.401. The van der Waals surface area contributed by atoms with Crippen molar-refractivity contribution in [1.82, 2.24) is 15.6 Å². The van der Waals surface area contributed by atoms with Crippen LogP contribution in [-0.4, -0.2) is 43.6 Å². The molecular weight excluding hydrogens is 430 g/mol. The minimum Gasteiger partial charge on any atom is -0.493 e. The molecule has 0 aliphatic heterocycles. The summed E-state index contributed by atoms with van der Waals surface area (Å²) in [6, 6.07) is 14.0. The zero-order valence-corrected chi connectivity index (χ0v) is 20.0. The summed E-state index contributed by atoms with van der Waals surface area (Å²) >= 11 is 0. The molecule has 3 unspecified atom stereocenters. The highest BCUT2D eigenvalue weighted by molar-refractivity contribution is 5.85. The second kappa shape index (κ2) is 10.6. The number of rotatable bonds is 11. The lowest BCUT2D eigenvalue weighted by atomic mass is 9.90. The van der Waals surface area contributed by atoms with Gasteiger partial charge in [0.2, 0.25) is 11.8 Å². The van der Waals surface area contributed by atoms with Crippen molar-refractivity contribution in [3.05, 3.63) is 59.8 Å². The van der Waals surface area contributed by atoms with E-state index in [0.29, 0.717) is 37.1 Å². The number of carbonyl (C=O) groups is 2. The van der Waals surface area contributed by atoms with Crippen molar-refractivity contribution in [1.29, 1.82) is 0 Å². The van der Waals surface area contributed by atoms with Gasteiger partial charge in [-0.15, -0.1) is 0 Å². The van der Waals surface area contributed by atoms with Crippen LogP contribution in [0.5, 0.6) is 11.5 Å². The van der Waals surface area contributed by atoms with E-state index in [1.807, 2.05) is 49.5 Å². The Morgan fingerprint density at radius 3 is 2.68 bits per heavy atom. The van der Waals surface area contributed by atoms with E-state index in [2.05, 4.69) is 28.6 Å². The first-order chi connectivity index (χ1) is 16.5. The molecule has 180 valence electrons. The van der Waals surface area contributed by atoms with E-state index in [1.165, 1.54) is 0 Å². The summed E-state index contributed by atoms with van der Waals surface area (Å²) in [7, 11) is 1.63. The number of carbonyl (C=O) groups excluding carboxylic acids is 2. The van der Waals surface area contributed by atoms with Crippen molar-refractivity contribution < 1.29 is 19.1 Å². The van der Waals surface area contributed by atoms with Gasteiger partial charge in [-0.3, -0.25) is 9.59 Å². The van der Waals surface area contributed by atoms with Crippen LogP contribution in [0.3, 0.4) is 0 Å². The number of amides is 2. The fraction of sp³-hybridized carbons (Fsp3) is 0.407. The van der Waals surface area contributed by atoms with E-state index >= 15 is 0 Å². The Labute approximate surface area is 200 Å². The highest BCUT2D eigenvalue weighted by Crippen LogP contribution is 2.38. The van der Waals surface area contributed by atoms with Crippen LogP contribution in [0.2, 0.25) is 0 Å². The first kappa shape index (κ1) is 23.7. The second-order valence-electron chi connectivity index (χ2n) is 8.85. The van der Waals surface area contributed by atoms with Crippen molar-refractivity contribution in [2.75, 3.05) is 26.8 Å². The first-order valence-electron chi connectivity index (χ1n) is 11.9. The predicted octanol–water partition coefficient (Wildman–Crippen LogP) is 3.99. The van der Waals surface area contributed by atoms with Crippen molar-refractivity contribution in [2.45, 2.75) is 32.6 Å². The van der Waals surface area contributed by atoms with Gasteiger partial charge >= 0.3 is 0 Å². The van der Waals surface area contributed by atoms with E-state index in [9.17, 15) is 9.59 Å². The maximum atomic E-state index is 12.6. The minimum atomic E-state index is -0.0911. The van der Waals surface area contributed by atoms with Gasteiger partial charge in [0.25, 0.3) is 0 Å². The van der Waals surface area contributed by atoms with Crippen molar-refractivity contribution in [3.8, 4) is 11.5 Å². The maximum absolute atomic E-state index is 12.6. The molecule has 0 spiro atoms. The molecule has 2 amide bonds. The zero-order chi connectivity index (χ0) is 24.1. The fourth-order valence-corrected chi connectivity index (χ4v) is 4.39. The average molecular weight is 464 g/mol. The third-order valence-corrected chi connectivity index (χ3v) is 6.49. The van der Waals surface area contributed by atoms with Crippen LogP contribution in [-0.2, 0) is 9.59 Å². The van der Waals surface area contributed by atoms with Gasteiger partial charge in [0.15, 0.2) is 11.5 Å². The second-order valence-corrected chi connectivity index (χ2v) is 8.85. The zero-order valence-electron chi connectivity index (χ0n) is 20.0. The van der Waals surface area contributed by atoms with Crippen molar-refractivity contribution in [2.24, 2.45) is 11.8 Å². The molecule has 3 aromatic rings. The van der Waals surface area contributed by atoms with Crippen LogP contribution in [0.1, 0.15) is 43.7 Å². The predicted molar refractivity (Wildman–Crippen MR) is 132 cm³/mol. The number of methoxy groups -OCH3 is 1. The molecule has 0 saturated heterocycles. The van der Waals surface area contributed by atoms with Gasteiger partial charge in [-0.2, -0.15) is 0 Å². The summed E-state index contributed by atoms with van der Waals surface area (Å²) in [4.78, 5) is 27.9. The molecule has 1 aliphatic rings. The molecule has 1 aliphatic carbocycles. The van der Waals surface area contributed by atoms with Crippen LogP contribution in [0.4, 0.5) is 0 Å². The van der Waals surface area contributed by atoms with Crippen LogP contribution >= 0.6 is 0 Å². The molecular formula is C27H33N3O4. The standard InChI is InChI=1S/C27H33N3O4/c1-4-34-24-10-9-18(14-25(24)33-3)21(22-16-29-23-8-6-5-7-19(22)23)15-30-26(31)11-12-28-27(32)20-13-17(20)2/h5-10,14,16-17,20-21,29H,4,11-13,15H2,1-3H3,(H,28,32)(H,30,31). The summed E-state index contributed by atoms with van der Waals surface area (Å²) in [5, 5.41) is 7.05. The molecule has 1 saturated carbocycles. The van der Waals surface area contributed by atoms with Gasteiger partial charge in [0, 0.05) is 48.4 Å². The smallest absolute Gasteiger partial charge is 0.223 e. The number of ether oxygens (including phenoxy) is 2. The number of para-hydroxylation sites is 1. The highest BCUT2D eigenvalue weighted by atomic mass is 16.5. The Bertz CT molecular complexity index is 1160.